The predicted molar refractivity (Wildman–Crippen MR) is 66.1 cm³/mol. The van der Waals surface area contributed by atoms with E-state index in [1.165, 1.54) is 6.07 Å². The molecular weight excluding hydrogens is 214 g/mol. The molecule has 0 radical (unpaired) electrons. The van der Waals surface area contributed by atoms with E-state index in [1.807, 2.05) is 38.1 Å². The van der Waals surface area contributed by atoms with Crippen LogP contribution in [0.3, 0.4) is 0 Å². The van der Waals surface area contributed by atoms with Crippen LogP contribution in [0.5, 0.6) is 0 Å². The molecule has 17 heavy (non-hydrogen) atoms. The zero-order valence-corrected chi connectivity index (χ0v) is 9.77. The second-order valence-electron chi connectivity index (χ2n) is 3.98. The minimum absolute atomic E-state index is 0.0742. The van der Waals surface area contributed by atoms with Crippen molar-refractivity contribution in [3.8, 4) is 11.3 Å². The van der Waals surface area contributed by atoms with Gasteiger partial charge in [0.25, 0.3) is 0 Å². The first kappa shape index (κ1) is 11.3. The molecule has 1 aromatic heterocycles. The van der Waals surface area contributed by atoms with Crippen LogP contribution < -0.4 is 0 Å². The maximum atomic E-state index is 10.9. The molecule has 3 heteroatoms. The normalized spacial score (nSPS) is 10.2. The van der Waals surface area contributed by atoms with Gasteiger partial charge in [-0.3, -0.25) is 0 Å². The van der Waals surface area contributed by atoms with E-state index in [-0.39, 0.29) is 5.69 Å². The highest BCUT2D eigenvalue weighted by Crippen LogP contribution is 2.25. The van der Waals surface area contributed by atoms with Crippen molar-refractivity contribution in [2.45, 2.75) is 13.8 Å². The number of aryl methyl sites for hydroxylation is 2. The molecule has 2 aromatic rings. The van der Waals surface area contributed by atoms with Gasteiger partial charge in [0.05, 0.1) is 5.69 Å². The van der Waals surface area contributed by atoms with Crippen LogP contribution in [0.25, 0.3) is 11.3 Å². The summed E-state index contributed by atoms with van der Waals surface area (Å²) in [7, 11) is 0. The average Bonchev–Trinajstić information content (AvgIpc) is 2.29. The van der Waals surface area contributed by atoms with Gasteiger partial charge in [0.1, 0.15) is 5.69 Å². The number of carboxylic acids is 1. The lowest BCUT2D eigenvalue weighted by atomic mass is 9.99. The topological polar surface area (TPSA) is 50.2 Å². The van der Waals surface area contributed by atoms with Crippen LogP contribution in [-0.4, -0.2) is 16.1 Å². The fourth-order valence-electron chi connectivity index (χ4n) is 1.91. The summed E-state index contributed by atoms with van der Waals surface area (Å²) < 4.78 is 0. The summed E-state index contributed by atoms with van der Waals surface area (Å²) in [5.74, 6) is -1.00. The number of pyridine rings is 1. The van der Waals surface area contributed by atoms with Gasteiger partial charge >= 0.3 is 5.97 Å². The largest absolute Gasteiger partial charge is 0.477 e. The first-order chi connectivity index (χ1) is 8.09. The zero-order chi connectivity index (χ0) is 12.4. The van der Waals surface area contributed by atoms with Crippen molar-refractivity contribution in [2.75, 3.05) is 0 Å². The Balaban J connectivity index is 2.61. The van der Waals surface area contributed by atoms with Gasteiger partial charge in [-0.25, -0.2) is 9.78 Å². The van der Waals surface area contributed by atoms with Gasteiger partial charge < -0.3 is 5.11 Å². The van der Waals surface area contributed by atoms with Crippen LogP contribution >= 0.6 is 0 Å². The van der Waals surface area contributed by atoms with Crippen molar-refractivity contribution in [1.82, 2.24) is 4.98 Å². The molecule has 0 bridgehead atoms. The molecule has 1 aromatic carbocycles. The molecule has 0 fully saturated rings. The van der Waals surface area contributed by atoms with Gasteiger partial charge in [-0.1, -0.05) is 24.3 Å². The van der Waals surface area contributed by atoms with Gasteiger partial charge in [0.15, 0.2) is 0 Å². The first-order valence-electron chi connectivity index (χ1n) is 5.36. The lowest BCUT2D eigenvalue weighted by Gasteiger charge is -2.09. The third kappa shape index (κ3) is 2.18. The third-order valence-corrected chi connectivity index (χ3v) is 2.71. The number of benzene rings is 1. The number of hydrogen-bond donors (Lipinski definition) is 1. The number of rotatable bonds is 2. The van der Waals surface area contributed by atoms with E-state index in [1.54, 1.807) is 6.07 Å². The molecule has 0 saturated carbocycles. The molecular formula is C14H13NO2. The minimum atomic E-state index is -1.00. The lowest BCUT2D eigenvalue weighted by molar-refractivity contribution is 0.0690. The molecule has 1 N–H and O–H groups in total. The Morgan fingerprint density at radius 2 is 1.65 bits per heavy atom. The highest BCUT2D eigenvalue weighted by Gasteiger charge is 2.09. The molecule has 0 aliphatic carbocycles. The van der Waals surface area contributed by atoms with Crippen LogP contribution in [0, 0.1) is 13.8 Å². The van der Waals surface area contributed by atoms with Gasteiger partial charge in [-0.15, -0.1) is 0 Å². The zero-order valence-electron chi connectivity index (χ0n) is 9.77. The summed E-state index contributed by atoms with van der Waals surface area (Å²) >= 11 is 0. The monoisotopic (exact) mass is 227 g/mol. The van der Waals surface area contributed by atoms with Crippen molar-refractivity contribution >= 4 is 5.97 Å². The third-order valence-electron chi connectivity index (χ3n) is 2.71. The lowest BCUT2D eigenvalue weighted by Crippen LogP contribution is -2.01. The van der Waals surface area contributed by atoms with E-state index in [0.717, 1.165) is 16.7 Å². The Morgan fingerprint density at radius 1 is 1.06 bits per heavy atom. The Labute approximate surface area is 99.8 Å². The van der Waals surface area contributed by atoms with Crippen molar-refractivity contribution in [3.05, 3.63) is 53.2 Å². The molecule has 0 aliphatic heterocycles. The summed E-state index contributed by atoms with van der Waals surface area (Å²) in [6, 6.07) is 11.0. The summed E-state index contributed by atoms with van der Waals surface area (Å²) in [5.41, 5.74) is 3.99. The summed E-state index contributed by atoms with van der Waals surface area (Å²) in [4.78, 5) is 15.1. The SMILES string of the molecule is Cc1cccc(C)c1-c1cccc(C(=O)O)n1. The fraction of sp³-hybridized carbons (Fsp3) is 0.143. The van der Waals surface area contributed by atoms with Crippen molar-refractivity contribution in [2.24, 2.45) is 0 Å². The first-order valence-corrected chi connectivity index (χ1v) is 5.36. The second-order valence-corrected chi connectivity index (χ2v) is 3.98. The summed E-state index contributed by atoms with van der Waals surface area (Å²) in [5, 5.41) is 8.93. The molecule has 0 saturated heterocycles. The van der Waals surface area contributed by atoms with Crippen LogP contribution in [0.2, 0.25) is 0 Å². The highest BCUT2D eigenvalue weighted by molar-refractivity contribution is 5.86. The maximum Gasteiger partial charge on any atom is 0.354 e. The van der Waals surface area contributed by atoms with Gasteiger partial charge in [-0.2, -0.15) is 0 Å². The summed E-state index contributed by atoms with van der Waals surface area (Å²) in [6.07, 6.45) is 0. The van der Waals surface area contributed by atoms with Crippen molar-refractivity contribution < 1.29 is 9.90 Å². The summed E-state index contributed by atoms with van der Waals surface area (Å²) in [6.45, 7) is 3.99. The quantitative estimate of drug-likeness (QED) is 0.857. The van der Waals surface area contributed by atoms with E-state index >= 15 is 0 Å². The van der Waals surface area contributed by atoms with Crippen LogP contribution in [-0.2, 0) is 0 Å². The number of carbonyl (C=O) groups is 1. The number of aromatic carboxylic acids is 1. The van der Waals surface area contributed by atoms with Crippen LogP contribution in [0.4, 0.5) is 0 Å². The Morgan fingerprint density at radius 3 is 2.24 bits per heavy atom. The molecule has 0 atom stereocenters. The molecule has 3 nitrogen and oxygen atoms in total. The number of aromatic nitrogens is 1. The molecule has 0 aliphatic rings. The molecule has 2 rings (SSSR count). The fourth-order valence-corrected chi connectivity index (χ4v) is 1.91. The number of hydrogen-bond acceptors (Lipinski definition) is 2. The maximum absolute atomic E-state index is 10.9. The molecule has 0 unspecified atom stereocenters. The van der Waals surface area contributed by atoms with Crippen molar-refractivity contribution in [1.29, 1.82) is 0 Å². The van der Waals surface area contributed by atoms with Gasteiger partial charge in [0.2, 0.25) is 0 Å². The van der Waals surface area contributed by atoms with Gasteiger partial charge in [-0.05, 0) is 37.1 Å². The minimum Gasteiger partial charge on any atom is -0.477 e. The van der Waals surface area contributed by atoms with Crippen molar-refractivity contribution in [3.63, 3.8) is 0 Å². The van der Waals surface area contributed by atoms with E-state index in [4.69, 9.17) is 5.11 Å². The van der Waals surface area contributed by atoms with E-state index < -0.39 is 5.97 Å². The Bertz CT molecular complexity index is 556. The highest BCUT2D eigenvalue weighted by atomic mass is 16.4. The molecule has 0 spiro atoms. The smallest absolute Gasteiger partial charge is 0.354 e. The van der Waals surface area contributed by atoms with Gasteiger partial charge in [0, 0.05) is 5.56 Å². The molecule has 0 amide bonds. The van der Waals surface area contributed by atoms with E-state index in [9.17, 15) is 4.79 Å². The number of carboxylic acid groups (broad SMARTS) is 1. The predicted octanol–water partition coefficient (Wildman–Crippen LogP) is 3.06. The Hall–Kier alpha value is -2.16. The Kier molecular flexibility index (Phi) is 2.91. The second kappa shape index (κ2) is 4.37. The standard InChI is InChI=1S/C14H13NO2/c1-9-5-3-6-10(2)13(9)11-7-4-8-12(15-11)14(16)17/h3-8H,1-2H3,(H,16,17). The number of nitrogens with zero attached hydrogens (tertiary/aromatic N) is 1. The average molecular weight is 227 g/mol. The molecule has 86 valence electrons. The molecule has 1 heterocycles. The van der Waals surface area contributed by atoms with E-state index in [0.29, 0.717) is 5.69 Å². The van der Waals surface area contributed by atoms with Crippen LogP contribution in [0.1, 0.15) is 21.6 Å². The van der Waals surface area contributed by atoms with E-state index in [2.05, 4.69) is 4.98 Å². The van der Waals surface area contributed by atoms with Crippen LogP contribution in [0.15, 0.2) is 36.4 Å².